The molecule has 2 heterocycles. The molecule has 1 aromatic heterocycles. The van der Waals surface area contributed by atoms with E-state index in [0.29, 0.717) is 5.52 Å². The molecule has 180 valence electrons. The van der Waals surface area contributed by atoms with Crippen LogP contribution in [0.15, 0.2) is 53.6 Å². The van der Waals surface area contributed by atoms with E-state index in [2.05, 4.69) is 16.3 Å². The normalized spacial score (nSPS) is 18.0. The van der Waals surface area contributed by atoms with Crippen LogP contribution in [0.1, 0.15) is 36.8 Å². The van der Waals surface area contributed by atoms with Crippen molar-refractivity contribution in [3.63, 3.8) is 0 Å². The van der Waals surface area contributed by atoms with Crippen molar-refractivity contribution in [2.45, 2.75) is 37.0 Å². The lowest BCUT2D eigenvalue weighted by Gasteiger charge is -2.22. The number of ketones is 1. The monoisotopic (exact) mass is 483 g/mol. The zero-order valence-corrected chi connectivity index (χ0v) is 19.9. The van der Waals surface area contributed by atoms with E-state index in [1.807, 2.05) is 24.3 Å². The fraction of sp³-hybridized carbons (Fsp3) is 0.360. The smallest absolute Gasteiger partial charge is 0.290 e. The van der Waals surface area contributed by atoms with Crippen molar-refractivity contribution < 1.29 is 23.1 Å². The average molecular weight is 484 g/mol. The highest BCUT2D eigenvalue weighted by molar-refractivity contribution is 7.90. The van der Waals surface area contributed by atoms with Gasteiger partial charge in [-0.3, -0.25) is 9.59 Å². The summed E-state index contributed by atoms with van der Waals surface area (Å²) in [6, 6.07) is 13.1. The van der Waals surface area contributed by atoms with Crippen molar-refractivity contribution in [1.82, 2.24) is 9.29 Å². The van der Waals surface area contributed by atoms with Crippen molar-refractivity contribution in [2.75, 3.05) is 31.1 Å². The van der Waals surface area contributed by atoms with Crippen molar-refractivity contribution in [2.24, 2.45) is 0 Å². The molecule has 1 atom stereocenters. The molecule has 2 aromatic carbocycles. The fourth-order valence-electron chi connectivity index (χ4n) is 4.89. The number of carbonyl (C=O) groups excluding carboxylic acids is 1. The number of carbonyl (C=O) groups is 2. The minimum absolute atomic E-state index is 0.107. The van der Waals surface area contributed by atoms with E-state index in [1.165, 1.54) is 3.97 Å². The number of anilines is 1. The Bertz CT molecular complexity index is 1310. The highest BCUT2D eigenvalue weighted by atomic mass is 32.2. The van der Waals surface area contributed by atoms with Crippen LogP contribution in [0.2, 0.25) is 0 Å². The molecule has 0 radical (unpaired) electrons. The van der Waals surface area contributed by atoms with E-state index in [4.69, 9.17) is 9.90 Å². The van der Waals surface area contributed by atoms with Gasteiger partial charge in [0.05, 0.1) is 10.4 Å². The number of nitrogens with zero attached hydrogens (tertiary/aromatic N) is 2. The third-order valence-corrected chi connectivity index (χ3v) is 8.27. The Morgan fingerprint density at radius 1 is 1.12 bits per heavy atom. The van der Waals surface area contributed by atoms with Crippen molar-refractivity contribution in [3.05, 3.63) is 59.8 Å². The second kappa shape index (κ2) is 9.99. The standard InChI is InChI=1S/C24H27N3O3S.CH2O2/c1-17(28)22-7-4-19-15-21(6-8-23(19)22)31(29,30)27-13-9-18-3-5-20(16-24(18)27)26-12-2-10-25-11-14-26;2-1-3/h3,5-6,8-9,13,15-16,22,25H,2,4,7,10-12,14H2,1H3;1H,(H,2,3). The third-order valence-electron chi connectivity index (χ3n) is 6.59. The number of aryl methyl sites for hydroxylation is 1. The number of aromatic nitrogens is 1. The zero-order chi connectivity index (χ0) is 24.3. The number of fused-ring (bicyclic) bond motifs is 2. The number of hydrogen-bond donors (Lipinski definition) is 2. The highest BCUT2D eigenvalue weighted by Gasteiger charge is 2.28. The maximum absolute atomic E-state index is 13.5. The van der Waals surface area contributed by atoms with Crippen LogP contribution in [0.5, 0.6) is 0 Å². The topological polar surface area (TPSA) is 109 Å². The number of benzene rings is 2. The van der Waals surface area contributed by atoms with E-state index in [1.54, 1.807) is 25.3 Å². The summed E-state index contributed by atoms with van der Waals surface area (Å²) in [5.74, 6) is 0.0341. The summed E-state index contributed by atoms with van der Waals surface area (Å²) >= 11 is 0. The lowest BCUT2D eigenvalue weighted by Crippen LogP contribution is -2.27. The molecule has 34 heavy (non-hydrogen) atoms. The van der Waals surface area contributed by atoms with Gasteiger partial charge in [-0.05, 0) is 74.2 Å². The molecule has 1 unspecified atom stereocenters. The summed E-state index contributed by atoms with van der Waals surface area (Å²) in [4.78, 5) is 22.8. The minimum atomic E-state index is -3.74. The van der Waals surface area contributed by atoms with Gasteiger partial charge in [0.1, 0.15) is 5.78 Å². The van der Waals surface area contributed by atoms with Crippen LogP contribution < -0.4 is 10.2 Å². The highest BCUT2D eigenvalue weighted by Crippen LogP contribution is 2.36. The van der Waals surface area contributed by atoms with Crippen molar-refractivity contribution in [3.8, 4) is 0 Å². The van der Waals surface area contributed by atoms with Gasteiger partial charge in [0.2, 0.25) is 0 Å². The van der Waals surface area contributed by atoms with Gasteiger partial charge in [-0.25, -0.2) is 12.4 Å². The maximum Gasteiger partial charge on any atom is 0.290 e. The first-order valence-corrected chi connectivity index (χ1v) is 12.8. The first-order chi connectivity index (χ1) is 16.4. The molecule has 2 N–H and O–H groups in total. The van der Waals surface area contributed by atoms with Gasteiger partial charge < -0.3 is 15.3 Å². The van der Waals surface area contributed by atoms with Crippen molar-refractivity contribution in [1.29, 1.82) is 0 Å². The molecule has 0 bridgehead atoms. The van der Waals surface area contributed by atoms with Gasteiger partial charge in [-0.15, -0.1) is 0 Å². The van der Waals surface area contributed by atoms with Crippen LogP contribution in [0.25, 0.3) is 10.9 Å². The molecule has 3 aromatic rings. The molecular formula is C25H29N3O5S. The van der Waals surface area contributed by atoms with Crippen LogP contribution in [-0.2, 0) is 26.0 Å². The number of rotatable bonds is 4. The summed E-state index contributed by atoms with van der Waals surface area (Å²) in [6.07, 6.45) is 4.20. The van der Waals surface area contributed by atoms with Gasteiger partial charge in [0.25, 0.3) is 16.5 Å². The predicted octanol–water partition coefficient (Wildman–Crippen LogP) is 3.00. The van der Waals surface area contributed by atoms with Gasteiger partial charge in [0, 0.05) is 42.8 Å². The summed E-state index contributed by atoms with van der Waals surface area (Å²) in [7, 11) is -3.74. The fourth-order valence-corrected chi connectivity index (χ4v) is 6.29. The summed E-state index contributed by atoms with van der Waals surface area (Å²) in [5.41, 5.74) is 3.68. The molecule has 0 saturated carbocycles. The number of carboxylic acid groups (broad SMARTS) is 1. The lowest BCUT2D eigenvalue weighted by molar-refractivity contribution is -0.123. The summed E-state index contributed by atoms with van der Waals surface area (Å²) < 4.78 is 28.5. The summed E-state index contributed by atoms with van der Waals surface area (Å²) in [5, 5.41) is 11.2. The predicted molar refractivity (Wildman–Crippen MR) is 131 cm³/mol. The van der Waals surface area contributed by atoms with E-state index in [9.17, 15) is 13.2 Å². The Labute approximate surface area is 199 Å². The Hall–Kier alpha value is -3.17. The maximum atomic E-state index is 13.5. The molecule has 8 nitrogen and oxygen atoms in total. The van der Waals surface area contributed by atoms with E-state index >= 15 is 0 Å². The molecule has 5 rings (SSSR count). The van der Waals surface area contributed by atoms with Gasteiger partial charge in [-0.1, -0.05) is 12.1 Å². The minimum Gasteiger partial charge on any atom is -0.483 e. The van der Waals surface area contributed by atoms with E-state index in [-0.39, 0.29) is 23.1 Å². The first-order valence-electron chi connectivity index (χ1n) is 11.4. The molecule has 0 spiro atoms. The van der Waals surface area contributed by atoms with Crippen LogP contribution >= 0.6 is 0 Å². The summed E-state index contributed by atoms with van der Waals surface area (Å²) in [6.45, 7) is 5.14. The SMILES string of the molecule is CC(=O)C1CCc2cc(S(=O)(=O)n3ccc4ccc(N5CCCNCC5)cc43)ccc21.O=CO. The Morgan fingerprint density at radius 2 is 1.91 bits per heavy atom. The van der Waals surface area contributed by atoms with E-state index in [0.717, 1.165) is 67.6 Å². The Morgan fingerprint density at radius 3 is 2.68 bits per heavy atom. The Kier molecular flexibility index (Phi) is 7.04. The first kappa shape index (κ1) is 24.0. The van der Waals surface area contributed by atoms with Crippen LogP contribution in [-0.4, -0.2) is 55.9 Å². The molecule has 1 aliphatic heterocycles. The number of Topliss-reactive ketones (excluding diaryl/α,β-unsaturated/α-hetero) is 1. The molecule has 0 amide bonds. The van der Waals surface area contributed by atoms with Gasteiger partial charge in [0.15, 0.2) is 0 Å². The largest absolute Gasteiger partial charge is 0.483 e. The molecule has 1 aliphatic carbocycles. The van der Waals surface area contributed by atoms with Crippen LogP contribution in [0, 0.1) is 0 Å². The second-order valence-electron chi connectivity index (χ2n) is 8.62. The average Bonchev–Trinajstić information content (AvgIpc) is 3.34. The van der Waals surface area contributed by atoms with Crippen molar-refractivity contribution >= 4 is 38.9 Å². The quantitative estimate of drug-likeness (QED) is 0.549. The van der Waals surface area contributed by atoms with Crippen LogP contribution in [0.4, 0.5) is 5.69 Å². The molecule has 1 fully saturated rings. The Balaban J connectivity index is 0.000000868. The molecule has 2 aliphatic rings. The second-order valence-corrected chi connectivity index (χ2v) is 10.4. The molecular weight excluding hydrogens is 454 g/mol. The van der Waals surface area contributed by atoms with Gasteiger partial charge in [-0.2, -0.15) is 0 Å². The number of nitrogens with one attached hydrogen (secondary N) is 1. The zero-order valence-electron chi connectivity index (χ0n) is 19.1. The lowest BCUT2D eigenvalue weighted by atomic mass is 9.98. The van der Waals surface area contributed by atoms with Gasteiger partial charge >= 0.3 is 0 Å². The molecule has 9 heteroatoms. The molecule has 1 saturated heterocycles. The third kappa shape index (κ3) is 4.58. The number of hydrogen-bond acceptors (Lipinski definition) is 6. The van der Waals surface area contributed by atoms with E-state index < -0.39 is 10.0 Å². The van der Waals surface area contributed by atoms with Crippen LogP contribution in [0.3, 0.4) is 0 Å².